The Morgan fingerprint density at radius 2 is 2.13 bits per heavy atom. The minimum absolute atomic E-state index is 0.0782. The van der Waals surface area contributed by atoms with E-state index in [9.17, 15) is 19.5 Å². The molecule has 1 saturated heterocycles. The molecule has 9 heteroatoms. The summed E-state index contributed by atoms with van der Waals surface area (Å²) in [7, 11) is 1.52. The molecule has 1 fully saturated rings. The van der Waals surface area contributed by atoms with Crippen molar-refractivity contribution in [3.05, 3.63) is 57.8 Å². The summed E-state index contributed by atoms with van der Waals surface area (Å²) in [5.74, 6) is 5.28. The molecule has 0 radical (unpaired) electrons. The lowest BCUT2D eigenvalue weighted by Gasteiger charge is -2.26. The molecule has 3 heterocycles. The monoisotopic (exact) mass is 423 g/mol. The predicted molar refractivity (Wildman–Crippen MR) is 110 cm³/mol. The molecule has 0 aliphatic carbocycles. The number of aliphatic hydroxyl groups is 1. The van der Waals surface area contributed by atoms with Crippen LogP contribution < -0.4 is 15.4 Å². The highest BCUT2D eigenvalue weighted by atomic mass is 32.1. The summed E-state index contributed by atoms with van der Waals surface area (Å²) in [5, 5.41) is 14.2. The van der Waals surface area contributed by atoms with E-state index in [1.54, 1.807) is 30.3 Å². The van der Waals surface area contributed by atoms with E-state index in [0.717, 1.165) is 5.56 Å². The Balaban J connectivity index is 1.64. The molecule has 2 aliphatic rings. The number of hydrogen-bond acceptors (Lipinski definition) is 6. The fourth-order valence-corrected chi connectivity index (χ4v) is 4.07. The zero-order chi connectivity index (χ0) is 21.5. The van der Waals surface area contributed by atoms with Gasteiger partial charge in [-0.2, -0.15) is 0 Å². The highest BCUT2D eigenvalue weighted by Gasteiger charge is 2.48. The van der Waals surface area contributed by atoms with Gasteiger partial charge in [0.15, 0.2) is 0 Å². The highest BCUT2D eigenvalue weighted by Crippen LogP contribution is 2.28. The second-order valence-electron chi connectivity index (χ2n) is 6.86. The average Bonchev–Trinajstić information content (AvgIpc) is 3.38. The molecule has 1 aromatic heterocycles. The number of fused-ring (bicyclic) bond motifs is 1. The summed E-state index contributed by atoms with van der Waals surface area (Å²) >= 11 is 1.20. The first-order chi connectivity index (χ1) is 14.3. The fourth-order valence-electron chi connectivity index (χ4n) is 3.34. The summed E-state index contributed by atoms with van der Waals surface area (Å²) in [6.45, 7) is 3.64. The largest absolute Gasteiger partial charge is 0.507 e. The number of rotatable bonds is 4. The standard InChI is InChI=1S/C21H17N3O5S/c1-12(25)17-6-5-15(30-17)7-8-21(19(27)22-20(28)23-21)11-24-10-13-3-4-14(29-2)9-16(13)18(24)26/h3-6,9,25H,1,10-11H2,2H3,(H2,22,23,27,28)/t21-/m0/s1. The maximum Gasteiger partial charge on any atom is 0.323 e. The van der Waals surface area contributed by atoms with E-state index in [1.807, 2.05) is 0 Å². The van der Waals surface area contributed by atoms with Crippen molar-refractivity contribution >= 4 is 34.9 Å². The molecule has 4 amide bonds. The third-order valence-electron chi connectivity index (χ3n) is 4.86. The van der Waals surface area contributed by atoms with Gasteiger partial charge < -0.3 is 20.1 Å². The van der Waals surface area contributed by atoms with Gasteiger partial charge >= 0.3 is 6.03 Å². The van der Waals surface area contributed by atoms with Crippen molar-refractivity contribution in [2.24, 2.45) is 0 Å². The lowest BCUT2D eigenvalue weighted by atomic mass is 9.99. The van der Waals surface area contributed by atoms with E-state index >= 15 is 0 Å². The zero-order valence-corrected chi connectivity index (χ0v) is 16.8. The van der Waals surface area contributed by atoms with Crippen molar-refractivity contribution in [1.82, 2.24) is 15.5 Å². The van der Waals surface area contributed by atoms with Crippen molar-refractivity contribution < 1.29 is 24.2 Å². The normalized spacial score (nSPS) is 19.6. The quantitative estimate of drug-likeness (QED) is 0.395. The maximum absolute atomic E-state index is 12.9. The molecular weight excluding hydrogens is 406 g/mol. The van der Waals surface area contributed by atoms with Crippen LogP contribution in [0.25, 0.3) is 5.76 Å². The molecule has 2 aromatic rings. The molecule has 2 aliphatic heterocycles. The van der Waals surface area contributed by atoms with Gasteiger partial charge in [0, 0.05) is 12.1 Å². The molecule has 8 nitrogen and oxygen atoms in total. The van der Waals surface area contributed by atoms with Crippen LogP contribution in [0.3, 0.4) is 0 Å². The van der Waals surface area contributed by atoms with E-state index in [-0.39, 0.29) is 24.8 Å². The van der Waals surface area contributed by atoms with Gasteiger partial charge in [-0.05, 0) is 29.8 Å². The van der Waals surface area contributed by atoms with Crippen molar-refractivity contribution in [3.8, 4) is 17.6 Å². The number of nitrogens with one attached hydrogen (secondary N) is 2. The summed E-state index contributed by atoms with van der Waals surface area (Å²) in [4.78, 5) is 39.9. The van der Waals surface area contributed by atoms with Crippen molar-refractivity contribution in [3.63, 3.8) is 0 Å². The van der Waals surface area contributed by atoms with E-state index in [4.69, 9.17) is 4.74 Å². The van der Waals surface area contributed by atoms with Crippen LogP contribution in [0.4, 0.5) is 4.79 Å². The van der Waals surface area contributed by atoms with Gasteiger partial charge in [0.2, 0.25) is 5.54 Å². The molecule has 0 bridgehead atoms. The van der Waals surface area contributed by atoms with Gasteiger partial charge in [0.05, 0.1) is 23.4 Å². The van der Waals surface area contributed by atoms with Crippen LogP contribution in [0.2, 0.25) is 0 Å². The Kier molecular flexibility index (Phi) is 4.72. The lowest BCUT2D eigenvalue weighted by Crippen LogP contribution is -2.54. The topological polar surface area (TPSA) is 108 Å². The maximum atomic E-state index is 12.9. The van der Waals surface area contributed by atoms with E-state index < -0.39 is 17.5 Å². The van der Waals surface area contributed by atoms with Gasteiger partial charge in [-0.25, -0.2) is 4.79 Å². The minimum Gasteiger partial charge on any atom is -0.507 e. The fraction of sp³-hybridized carbons (Fsp3) is 0.190. The lowest BCUT2D eigenvalue weighted by molar-refractivity contribution is -0.122. The smallest absolute Gasteiger partial charge is 0.323 e. The SMILES string of the molecule is C=C(O)c1ccc(C#C[C@@]2(CN3Cc4ccc(OC)cc4C3=O)NC(=O)NC2=O)s1. The zero-order valence-electron chi connectivity index (χ0n) is 15.9. The highest BCUT2D eigenvalue weighted by molar-refractivity contribution is 7.13. The molecule has 1 aromatic carbocycles. The summed E-state index contributed by atoms with van der Waals surface area (Å²) in [6, 6.07) is 7.88. The number of methoxy groups -OCH3 is 1. The first-order valence-electron chi connectivity index (χ1n) is 8.92. The van der Waals surface area contributed by atoms with Crippen LogP contribution in [0, 0.1) is 11.8 Å². The Hall–Kier alpha value is -3.77. The first kappa shape index (κ1) is 19.5. The van der Waals surface area contributed by atoms with E-state index in [0.29, 0.717) is 21.1 Å². The average molecular weight is 423 g/mol. The summed E-state index contributed by atoms with van der Waals surface area (Å²) < 4.78 is 5.18. The number of aliphatic hydroxyl groups excluding tert-OH is 1. The molecule has 0 saturated carbocycles. The number of thiophene rings is 1. The third-order valence-corrected chi connectivity index (χ3v) is 5.90. The van der Waals surface area contributed by atoms with Gasteiger partial charge in [-0.15, -0.1) is 11.3 Å². The van der Waals surface area contributed by atoms with Crippen LogP contribution in [0.1, 0.15) is 25.7 Å². The number of carbonyl (C=O) groups excluding carboxylic acids is 3. The number of hydrogen-bond donors (Lipinski definition) is 3. The van der Waals surface area contributed by atoms with Crippen LogP contribution in [0.15, 0.2) is 36.9 Å². The van der Waals surface area contributed by atoms with Gasteiger partial charge in [0.1, 0.15) is 11.5 Å². The Morgan fingerprint density at radius 3 is 2.77 bits per heavy atom. The van der Waals surface area contributed by atoms with Crippen LogP contribution >= 0.6 is 11.3 Å². The van der Waals surface area contributed by atoms with Gasteiger partial charge in [-0.1, -0.05) is 24.5 Å². The molecule has 30 heavy (non-hydrogen) atoms. The van der Waals surface area contributed by atoms with Gasteiger partial charge in [0.25, 0.3) is 11.8 Å². The summed E-state index contributed by atoms with van der Waals surface area (Å²) in [5.41, 5.74) is -0.288. The Morgan fingerprint density at radius 1 is 1.33 bits per heavy atom. The van der Waals surface area contributed by atoms with Crippen molar-refractivity contribution in [2.45, 2.75) is 12.1 Å². The molecule has 152 valence electrons. The van der Waals surface area contributed by atoms with Gasteiger partial charge in [-0.3, -0.25) is 14.9 Å². The van der Waals surface area contributed by atoms with Crippen LogP contribution in [0.5, 0.6) is 5.75 Å². The van der Waals surface area contributed by atoms with E-state index in [1.165, 1.54) is 23.3 Å². The number of ether oxygens (including phenoxy) is 1. The number of amides is 4. The number of nitrogens with zero attached hydrogens (tertiary/aromatic N) is 1. The molecule has 4 rings (SSSR count). The van der Waals surface area contributed by atoms with Crippen LogP contribution in [-0.2, 0) is 11.3 Å². The van der Waals surface area contributed by atoms with Crippen LogP contribution in [-0.4, -0.2) is 47.0 Å². The number of carbonyl (C=O) groups is 3. The van der Waals surface area contributed by atoms with Crippen molar-refractivity contribution in [1.29, 1.82) is 0 Å². The second-order valence-corrected chi connectivity index (χ2v) is 7.94. The minimum atomic E-state index is -1.58. The molecule has 1 atom stereocenters. The summed E-state index contributed by atoms with van der Waals surface area (Å²) in [6.07, 6.45) is 0. The predicted octanol–water partition coefficient (Wildman–Crippen LogP) is 1.87. The third kappa shape index (κ3) is 3.38. The first-order valence-corrected chi connectivity index (χ1v) is 9.74. The number of benzene rings is 1. The molecular formula is C21H17N3O5S. The molecule has 3 N–H and O–H groups in total. The molecule has 0 spiro atoms. The second kappa shape index (κ2) is 7.24. The Bertz CT molecular complexity index is 1160. The Labute approximate surface area is 176 Å². The van der Waals surface area contributed by atoms with Crippen molar-refractivity contribution in [2.75, 3.05) is 13.7 Å². The number of urea groups is 1. The van der Waals surface area contributed by atoms with E-state index in [2.05, 4.69) is 29.1 Å². The molecule has 0 unspecified atom stereocenters. The number of imide groups is 1.